The number of anilines is 1. The predicted octanol–water partition coefficient (Wildman–Crippen LogP) is 4.12. The number of ether oxygens (including phenoxy) is 1. The van der Waals surface area contributed by atoms with Crippen LogP contribution in [0.1, 0.15) is 0 Å². The van der Waals surface area contributed by atoms with E-state index in [1.165, 1.54) is 31.5 Å². The number of halogens is 4. The van der Waals surface area contributed by atoms with Crippen molar-refractivity contribution in [2.45, 2.75) is 6.18 Å². The quantitative estimate of drug-likeness (QED) is 0.499. The lowest BCUT2D eigenvalue weighted by Crippen LogP contribution is -2.21. The molecule has 0 aliphatic heterocycles. The van der Waals surface area contributed by atoms with E-state index >= 15 is 0 Å². The van der Waals surface area contributed by atoms with E-state index in [0.29, 0.717) is 16.0 Å². The lowest BCUT2D eigenvalue weighted by Gasteiger charge is -2.10. The molecule has 4 rings (SSSR count). The average molecular weight is 424 g/mol. The number of thiophene rings is 1. The topological polar surface area (TPSA) is 69.0 Å². The van der Waals surface area contributed by atoms with Crippen LogP contribution in [0.15, 0.2) is 41.6 Å². The Kier molecular flexibility index (Phi) is 4.61. The Morgan fingerprint density at radius 1 is 1.24 bits per heavy atom. The molecule has 0 atom stereocenters. The Morgan fingerprint density at radius 3 is 2.72 bits per heavy atom. The number of methoxy groups -OCH3 is 1. The van der Waals surface area contributed by atoms with Gasteiger partial charge in [-0.15, -0.1) is 11.3 Å². The summed E-state index contributed by atoms with van der Waals surface area (Å²) in [4.78, 5) is 21.6. The van der Waals surface area contributed by atoms with Gasteiger partial charge < -0.3 is 10.1 Å². The SMILES string of the molecule is COc1ccc(-n2cnc3c(sc4nccc(NCC(F)(F)F)c43)c2=O)c(F)c1. The van der Waals surface area contributed by atoms with E-state index < -0.39 is 24.1 Å². The Bertz CT molecular complexity index is 1280. The smallest absolute Gasteiger partial charge is 0.405 e. The van der Waals surface area contributed by atoms with E-state index in [2.05, 4.69) is 15.3 Å². The molecule has 0 radical (unpaired) electrons. The molecule has 6 nitrogen and oxygen atoms in total. The van der Waals surface area contributed by atoms with Crippen molar-refractivity contribution in [3.8, 4) is 11.4 Å². The Morgan fingerprint density at radius 2 is 2.03 bits per heavy atom. The number of rotatable bonds is 4. The van der Waals surface area contributed by atoms with Gasteiger partial charge in [0.1, 0.15) is 28.2 Å². The zero-order valence-electron chi connectivity index (χ0n) is 14.7. The van der Waals surface area contributed by atoms with Gasteiger partial charge in [0.05, 0.1) is 23.7 Å². The first-order chi connectivity index (χ1) is 13.8. The molecule has 0 bridgehead atoms. The summed E-state index contributed by atoms with van der Waals surface area (Å²) in [6.45, 7) is -1.24. The van der Waals surface area contributed by atoms with Gasteiger partial charge in [-0.25, -0.2) is 14.4 Å². The molecule has 3 heterocycles. The van der Waals surface area contributed by atoms with Crippen molar-refractivity contribution in [1.29, 1.82) is 0 Å². The molecular weight excluding hydrogens is 412 g/mol. The van der Waals surface area contributed by atoms with E-state index in [9.17, 15) is 22.4 Å². The van der Waals surface area contributed by atoms with E-state index in [4.69, 9.17) is 4.74 Å². The van der Waals surface area contributed by atoms with Gasteiger partial charge in [-0.3, -0.25) is 9.36 Å². The highest BCUT2D eigenvalue weighted by Gasteiger charge is 2.27. The van der Waals surface area contributed by atoms with Crippen molar-refractivity contribution in [2.75, 3.05) is 19.0 Å². The molecule has 0 amide bonds. The highest BCUT2D eigenvalue weighted by atomic mass is 32.1. The van der Waals surface area contributed by atoms with E-state index in [-0.39, 0.29) is 21.6 Å². The third kappa shape index (κ3) is 3.48. The molecule has 0 unspecified atom stereocenters. The average Bonchev–Trinajstić information content (AvgIpc) is 3.06. The van der Waals surface area contributed by atoms with E-state index in [1.54, 1.807) is 0 Å². The fourth-order valence-electron chi connectivity index (χ4n) is 2.88. The molecule has 150 valence electrons. The fraction of sp³-hybridized carbons (Fsp3) is 0.167. The van der Waals surface area contributed by atoms with Crippen molar-refractivity contribution in [2.24, 2.45) is 0 Å². The molecule has 11 heteroatoms. The van der Waals surface area contributed by atoms with E-state index in [0.717, 1.165) is 28.3 Å². The lowest BCUT2D eigenvalue weighted by atomic mass is 10.2. The standard InChI is InChI=1S/C18H12F4N4O2S/c1-28-9-2-3-12(10(19)6-9)26-8-25-14-13-11(24-7-18(20,21)22)4-5-23-16(13)29-15(14)17(26)27/h2-6,8H,7H2,1H3,(H,23,24). The van der Waals surface area contributed by atoms with Crippen LogP contribution in [-0.4, -0.2) is 34.4 Å². The number of pyridine rings is 1. The van der Waals surface area contributed by atoms with Crippen LogP contribution < -0.4 is 15.6 Å². The van der Waals surface area contributed by atoms with Crippen LogP contribution >= 0.6 is 11.3 Å². The van der Waals surface area contributed by atoms with Crippen LogP contribution in [0, 0.1) is 5.82 Å². The first-order valence-electron chi connectivity index (χ1n) is 8.22. The lowest BCUT2D eigenvalue weighted by molar-refractivity contribution is -0.115. The Balaban J connectivity index is 1.88. The second-order valence-electron chi connectivity index (χ2n) is 6.02. The largest absolute Gasteiger partial charge is 0.497 e. The predicted molar refractivity (Wildman–Crippen MR) is 102 cm³/mol. The molecule has 0 fully saturated rings. The molecule has 0 saturated heterocycles. The maximum Gasteiger partial charge on any atom is 0.405 e. The second-order valence-corrected chi connectivity index (χ2v) is 7.02. The van der Waals surface area contributed by atoms with Gasteiger partial charge in [0.25, 0.3) is 5.56 Å². The molecular formula is C18H12F4N4O2S. The minimum absolute atomic E-state index is 0.0222. The molecule has 0 saturated carbocycles. The number of benzene rings is 1. The van der Waals surface area contributed by atoms with Crippen LogP contribution in [0.2, 0.25) is 0 Å². The van der Waals surface area contributed by atoms with Crippen LogP contribution in [-0.2, 0) is 0 Å². The maximum atomic E-state index is 14.4. The minimum Gasteiger partial charge on any atom is -0.497 e. The number of aromatic nitrogens is 3. The summed E-state index contributed by atoms with van der Waals surface area (Å²) in [5.74, 6) is -0.390. The molecule has 3 aromatic heterocycles. The Labute approximate surface area is 164 Å². The third-order valence-corrected chi connectivity index (χ3v) is 5.25. The highest BCUT2D eigenvalue weighted by Crippen LogP contribution is 2.34. The molecule has 29 heavy (non-hydrogen) atoms. The third-order valence-electron chi connectivity index (χ3n) is 4.18. The first kappa shape index (κ1) is 19.1. The summed E-state index contributed by atoms with van der Waals surface area (Å²) in [5.41, 5.74) is -0.202. The maximum absolute atomic E-state index is 14.4. The van der Waals surface area contributed by atoms with Gasteiger partial charge in [0, 0.05) is 18.0 Å². The summed E-state index contributed by atoms with van der Waals surface area (Å²) < 4.78 is 58.3. The van der Waals surface area contributed by atoms with Crippen molar-refractivity contribution < 1.29 is 22.3 Å². The molecule has 0 aliphatic carbocycles. The van der Waals surface area contributed by atoms with Crippen molar-refractivity contribution in [3.05, 3.63) is 53.0 Å². The summed E-state index contributed by atoms with van der Waals surface area (Å²) >= 11 is 0.983. The number of nitrogens with zero attached hydrogens (tertiary/aromatic N) is 3. The first-order valence-corrected chi connectivity index (χ1v) is 9.03. The van der Waals surface area contributed by atoms with Crippen molar-refractivity contribution >= 4 is 37.5 Å². The minimum atomic E-state index is -4.41. The fourth-order valence-corrected chi connectivity index (χ4v) is 3.93. The summed E-state index contributed by atoms with van der Waals surface area (Å²) in [5, 5.41) is 2.63. The zero-order valence-corrected chi connectivity index (χ0v) is 15.6. The van der Waals surface area contributed by atoms with Gasteiger partial charge in [0.15, 0.2) is 5.82 Å². The number of hydrogen-bond donors (Lipinski definition) is 1. The summed E-state index contributed by atoms with van der Waals surface area (Å²) in [6, 6.07) is 5.40. The van der Waals surface area contributed by atoms with Crippen molar-refractivity contribution in [3.63, 3.8) is 0 Å². The molecule has 0 spiro atoms. The number of hydrogen-bond acceptors (Lipinski definition) is 6. The Hall–Kier alpha value is -3.21. The van der Waals surface area contributed by atoms with E-state index in [1.807, 2.05) is 0 Å². The molecule has 4 aromatic rings. The molecule has 1 aromatic carbocycles. The highest BCUT2D eigenvalue weighted by molar-refractivity contribution is 7.25. The second kappa shape index (κ2) is 6.99. The number of fused-ring (bicyclic) bond motifs is 3. The van der Waals surface area contributed by atoms with Crippen LogP contribution in [0.3, 0.4) is 0 Å². The van der Waals surface area contributed by atoms with Gasteiger partial charge in [-0.05, 0) is 18.2 Å². The normalized spacial score (nSPS) is 11.9. The van der Waals surface area contributed by atoms with Gasteiger partial charge in [-0.2, -0.15) is 13.2 Å². The monoisotopic (exact) mass is 424 g/mol. The summed E-state index contributed by atoms with van der Waals surface area (Å²) in [6.07, 6.45) is -1.92. The van der Waals surface area contributed by atoms with Gasteiger partial charge in [-0.1, -0.05) is 0 Å². The number of nitrogens with one attached hydrogen (secondary N) is 1. The van der Waals surface area contributed by atoms with Crippen LogP contribution in [0.4, 0.5) is 23.2 Å². The van der Waals surface area contributed by atoms with Crippen LogP contribution in [0.5, 0.6) is 5.75 Å². The molecule has 0 aliphatic rings. The van der Waals surface area contributed by atoms with Crippen molar-refractivity contribution in [1.82, 2.24) is 14.5 Å². The van der Waals surface area contributed by atoms with Gasteiger partial charge >= 0.3 is 6.18 Å². The zero-order chi connectivity index (χ0) is 20.8. The summed E-state index contributed by atoms with van der Waals surface area (Å²) in [7, 11) is 1.39. The number of alkyl halides is 3. The van der Waals surface area contributed by atoms with Crippen LogP contribution in [0.25, 0.3) is 26.1 Å². The van der Waals surface area contributed by atoms with Gasteiger partial charge in [0.2, 0.25) is 0 Å². The molecule has 1 N–H and O–H groups in total.